The second-order valence-corrected chi connectivity index (χ2v) is 7.11. The van der Waals surface area contributed by atoms with Gasteiger partial charge < -0.3 is 9.47 Å². The molecule has 4 aromatic rings. The molecule has 0 radical (unpaired) electrons. The van der Waals surface area contributed by atoms with Crippen LogP contribution >= 0.6 is 11.6 Å². The number of nitrogens with zero attached hydrogens (tertiary/aromatic N) is 2. The lowest BCUT2D eigenvalue weighted by Gasteiger charge is -2.14. The summed E-state index contributed by atoms with van der Waals surface area (Å²) < 4.78 is 50.3. The maximum Gasteiger partial charge on any atom is 0.416 e. The van der Waals surface area contributed by atoms with Gasteiger partial charge >= 0.3 is 6.18 Å². The molecular formula is C23H16ClF3N2O2. The molecule has 0 saturated carbocycles. The minimum Gasteiger partial charge on any atom is -0.497 e. The van der Waals surface area contributed by atoms with E-state index < -0.39 is 11.7 Å². The molecule has 0 aliphatic carbocycles. The highest BCUT2D eigenvalue weighted by atomic mass is 35.5. The van der Waals surface area contributed by atoms with Gasteiger partial charge in [-0.3, -0.25) is 0 Å². The van der Waals surface area contributed by atoms with Crippen molar-refractivity contribution in [3.8, 4) is 34.0 Å². The van der Waals surface area contributed by atoms with Crippen LogP contribution in [0.4, 0.5) is 13.2 Å². The minimum atomic E-state index is -4.55. The maximum absolute atomic E-state index is 13.3. The van der Waals surface area contributed by atoms with Gasteiger partial charge in [0.05, 0.1) is 41.7 Å². The highest BCUT2D eigenvalue weighted by Gasteiger charge is 2.32. The molecule has 0 fully saturated rings. The normalized spacial score (nSPS) is 11.5. The van der Waals surface area contributed by atoms with Crippen molar-refractivity contribution in [3.05, 3.63) is 71.2 Å². The summed E-state index contributed by atoms with van der Waals surface area (Å²) >= 11 is 6.17. The van der Waals surface area contributed by atoms with Gasteiger partial charge in [0.2, 0.25) is 0 Å². The molecule has 8 heteroatoms. The molecule has 0 aliphatic heterocycles. The molecule has 1 aromatic heterocycles. The number of methoxy groups -OCH3 is 2. The third kappa shape index (κ3) is 4.14. The van der Waals surface area contributed by atoms with Crippen molar-refractivity contribution >= 4 is 22.6 Å². The Morgan fingerprint density at radius 3 is 1.68 bits per heavy atom. The molecule has 0 amide bonds. The largest absolute Gasteiger partial charge is 0.497 e. The number of fused-ring (bicyclic) bond motifs is 1. The second-order valence-electron chi connectivity index (χ2n) is 6.70. The molecule has 0 spiro atoms. The van der Waals surface area contributed by atoms with E-state index in [4.69, 9.17) is 21.1 Å². The van der Waals surface area contributed by atoms with Crippen molar-refractivity contribution in [1.82, 2.24) is 9.97 Å². The van der Waals surface area contributed by atoms with Crippen LogP contribution in [0.25, 0.3) is 33.5 Å². The summed E-state index contributed by atoms with van der Waals surface area (Å²) in [6.45, 7) is 0. The van der Waals surface area contributed by atoms with Crippen molar-refractivity contribution in [3.63, 3.8) is 0 Å². The molecule has 0 unspecified atom stereocenters. The van der Waals surface area contributed by atoms with Gasteiger partial charge in [0.25, 0.3) is 0 Å². The fourth-order valence-electron chi connectivity index (χ4n) is 3.18. The summed E-state index contributed by atoms with van der Waals surface area (Å²) in [6.07, 6.45) is -4.55. The fourth-order valence-corrected chi connectivity index (χ4v) is 3.44. The van der Waals surface area contributed by atoms with E-state index in [9.17, 15) is 13.2 Å². The number of ether oxygens (including phenoxy) is 2. The number of hydrogen-bond acceptors (Lipinski definition) is 4. The first-order chi connectivity index (χ1) is 14.8. The van der Waals surface area contributed by atoms with E-state index in [1.54, 1.807) is 62.8 Å². The maximum atomic E-state index is 13.3. The predicted molar refractivity (Wildman–Crippen MR) is 114 cm³/mol. The summed E-state index contributed by atoms with van der Waals surface area (Å²) in [5.41, 5.74) is 1.68. The van der Waals surface area contributed by atoms with E-state index in [-0.39, 0.29) is 16.1 Å². The lowest BCUT2D eigenvalue weighted by atomic mass is 10.0. The first kappa shape index (κ1) is 20.9. The van der Waals surface area contributed by atoms with Crippen LogP contribution in [0, 0.1) is 0 Å². The molecule has 31 heavy (non-hydrogen) atoms. The molecule has 4 nitrogen and oxygen atoms in total. The highest BCUT2D eigenvalue weighted by Crippen LogP contribution is 2.38. The Hall–Kier alpha value is -3.32. The van der Waals surface area contributed by atoms with Crippen LogP contribution in [0.15, 0.2) is 60.7 Å². The topological polar surface area (TPSA) is 44.2 Å². The zero-order valence-corrected chi connectivity index (χ0v) is 17.3. The van der Waals surface area contributed by atoms with Crippen molar-refractivity contribution < 1.29 is 22.6 Å². The van der Waals surface area contributed by atoms with E-state index in [1.807, 2.05) is 0 Å². The van der Waals surface area contributed by atoms with Gasteiger partial charge in [-0.2, -0.15) is 13.2 Å². The van der Waals surface area contributed by atoms with Gasteiger partial charge in [-0.1, -0.05) is 11.6 Å². The van der Waals surface area contributed by atoms with Crippen molar-refractivity contribution in [2.75, 3.05) is 14.2 Å². The Balaban J connectivity index is 1.99. The van der Waals surface area contributed by atoms with E-state index >= 15 is 0 Å². The number of halogens is 4. The lowest BCUT2D eigenvalue weighted by Crippen LogP contribution is -2.06. The van der Waals surface area contributed by atoms with Crippen molar-refractivity contribution in [2.24, 2.45) is 0 Å². The van der Waals surface area contributed by atoms with Crippen LogP contribution in [-0.4, -0.2) is 24.2 Å². The Labute approximate surface area is 181 Å². The Kier molecular flexibility index (Phi) is 5.45. The smallest absolute Gasteiger partial charge is 0.416 e. The van der Waals surface area contributed by atoms with E-state index in [0.717, 1.165) is 17.7 Å². The van der Waals surface area contributed by atoms with Crippen LogP contribution in [0.3, 0.4) is 0 Å². The van der Waals surface area contributed by atoms with Crippen LogP contribution in [0.5, 0.6) is 11.5 Å². The summed E-state index contributed by atoms with van der Waals surface area (Å²) in [5, 5.41) is -0.117. The van der Waals surface area contributed by atoms with Crippen LogP contribution in [0.2, 0.25) is 5.02 Å². The summed E-state index contributed by atoms with van der Waals surface area (Å²) in [6, 6.07) is 16.0. The zero-order chi connectivity index (χ0) is 22.2. The molecule has 4 rings (SSSR count). The van der Waals surface area contributed by atoms with Gasteiger partial charge in [0.15, 0.2) is 0 Å². The van der Waals surface area contributed by atoms with Gasteiger partial charge in [-0.05, 0) is 60.7 Å². The Morgan fingerprint density at radius 2 is 1.23 bits per heavy atom. The lowest BCUT2D eigenvalue weighted by molar-refractivity contribution is -0.137. The molecule has 0 N–H and O–H groups in total. The molecule has 0 atom stereocenters. The summed E-state index contributed by atoms with van der Waals surface area (Å²) in [7, 11) is 3.11. The standard InChI is InChI=1S/C23H16ClF3N2O2/c1-30-16-7-3-13(4-8-16)20-21(14-5-9-17(31-2)10-6-14)29-22-18(24)11-15(23(25,26)27)12-19(22)28-20/h3-12H,1-2H3. The molecule has 0 bridgehead atoms. The quantitative estimate of drug-likeness (QED) is 0.353. The number of aromatic nitrogens is 2. The summed E-state index contributed by atoms with van der Waals surface area (Å²) in [5.74, 6) is 1.31. The second kappa shape index (κ2) is 8.07. The van der Waals surface area contributed by atoms with E-state index in [0.29, 0.717) is 28.5 Å². The minimum absolute atomic E-state index is 0.0582. The first-order valence-electron chi connectivity index (χ1n) is 9.17. The number of hydrogen-bond donors (Lipinski definition) is 0. The van der Waals surface area contributed by atoms with E-state index in [1.165, 1.54) is 0 Å². The van der Waals surface area contributed by atoms with Crippen LogP contribution < -0.4 is 9.47 Å². The molecule has 3 aromatic carbocycles. The van der Waals surface area contributed by atoms with Gasteiger partial charge in [-0.15, -0.1) is 0 Å². The van der Waals surface area contributed by atoms with Crippen LogP contribution in [-0.2, 0) is 6.18 Å². The average molecular weight is 445 g/mol. The summed E-state index contributed by atoms with van der Waals surface area (Å²) in [4.78, 5) is 9.14. The van der Waals surface area contributed by atoms with Crippen molar-refractivity contribution in [1.29, 1.82) is 0 Å². The first-order valence-corrected chi connectivity index (χ1v) is 9.55. The Morgan fingerprint density at radius 1 is 0.742 bits per heavy atom. The van der Waals surface area contributed by atoms with Crippen LogP contribution in [0.1, 0.15) is 5.56 Å². The monoisotopic (exact) mass is 444 g/mol. The SMILES string of the molecule is COc1ccc(-c2nc3cc(C(F)(F)F)cc(Cl)c3nc2-c2ccc(OC)cc2)cc1. The van der Waals surface area contributed by atoms with E-state index in [2.05, 4.69) is 9.97 Å². The average Bonchev–Trinajstić information content (AvgIpc) is 2.78. The van der Waals surface area contributed by atoms with Gasteiger partial charge in [-0.25, -0.2) is 9.97 Å². The molecule has 158 valence electrons. The van der Waals surface area contributed by atoms with Crippen molar-refractivity contribution in [2.45, 2.75) is 6.18 Å². The highest BCUT2D eigenvalue weighted by molar-refractivity contribution is 6.35. The predicted octanol–water partition coefficient (Wildman–Crippen LogP) is 6.65. The molecular weight excluding hydrogens is 429 g/mol. The fraction of sp³-hybridized carbons (Fsp3) is 0.130. The third-order valence-electron chi connectivity index (χ3n) is 4.78. The zero-order valence-electron chi connectivity index (χ0n) is 16.5. The molecule has 1 heterocycles. The van der Waals surface area contributed by atoms with Gasteiger partial charge in [0, 0.05) is 11.1 Å². The number of alkyl halides is 3. The van der Waals surface area contributed by atoms with Gasteiger partial charge in [0.1, 0.15) is 17.0 Å². The number of rotatable bonds is 4. The molecule has 0 aliphatic rings. The number of benzene rings is 3. The molecule has 0 saturated heterocycles. The third-order valence-corrected chi connectivity index (χ3v) is 5.07. The Bertz CT molecular complexity index is 1240.